The Labute approximate surface area is 151 Å². The molecule has 0 bridgehead atoms. The van der Waals surface area contributed by atoms with Gasteiger partial charge < -0.3 is 20.1 Å². The quantitative estimate of drug-likeness (QED) is 0.720. The molecule has 1 aromatic carbocycles. The van der Waals surface area contributed by atoms with Crippen molar-refractivity contribution in [3.8, 4) is 5.75 Å². The molecule has 0 aliphatic heterocycles. The number of alkyl carbamates (subject to hydrolysis) is 1. The van der Waals surface area contributed by atoms with Crippen molar-refractivity contribution in [2.24, 2.45) is 0 Å². The average Bonchev–Trinajstić information content (AvgIpc) is 2.47. The Hall–Kier alpha value is -1.34. The highest BCUT2D eigenvalue weighted by atomic mass is 79.9. The standard InChI is InChI=1S/C17H26BrFN2O3/c1-6-20-9-12-14(8-7-13(19)15(12)18)24-11(2)10-23-16(22)21-17(3,4)5/h7-8,11,20H,6,9-10H2,1-5H3,(H,21,22). The van der Waals surface area contributed by atoms with E-state index in [0.717, 1.165) is 6.54 Å². The first-order valence-electron chi connectivity index (χ1n) is 7.93. The van der Waals surface area contributed by atoms with E-state index >= 15 is 0 Å². The minimum Gasteiger partial charge on any atom is -0.487 e. The first kappa shape index (κ1) is 20.7. The fourth-order valence-corrected chi connectivity index (χ4v) is 2.35. The summed E-state index contributed by atoms with van der Waals surface area (Å²) in [5.41, 5.74) is 0.338. The molecule has 1 unspecified atom stereocenters. The second-order valence-electron chi connectivity index (χ2n) is 6.52. The average molecular weight is 405 g/mol. The van der Waals surface area contributed by atoms with Gasteiger partial charge in [-0.25, -0.2) is 9.18 Å². The first-order chi connectivity index (χ1) is 11.1. The zero-order valence-corrected chi connectivity index (χ0v) is 16.4. The smallest absolute Gasteiger partial charge is 0.407 e. The van der Waals surface area contributed by atoms with Crippen LogP contribution in [0.25, 0.3) is 0 Å². The maximum atomic E-state index is 13.7. The third-order valence-corrected chi connectivity index (χ3v) is 3.82. The molecule has 2 N–H and O–H groups in total. The summed E-state index contributed by atoms with van der Waals surface area (Å²) in [7, 11) is 0. The van der Waals surface area contributed by atoms with Gasteiger partial charge in [-0.05, 0) is 62.3 Å². The molecule has 0 fully saturated rings. The van der Waals surface area contributed by atoms with Crippen molar-refractivity contribution in [3.05, 3.63) is 28.0 Å². The number of benzene rings is 1. The molecule has 5 nitrogen and oxygen atoms in total. The van der Waals surface area contributed by atoms with Gasteiger partial charge in [0.1, 0.15) is 24.3 Å². The van der Waals surface area contributed by atoms with Gasteiger partial charge in [-0.1, -0.05) is 6.92 Å². The molecule has 1 atom stereocenters. The number of hydrogen-bond acceptors (Lipinski definition) is 4. The maximum absolute atomic E-state index is 13.7. The Morgan fingerprint density at radius 1 is 1.38 bits per heavy atom. The number of hydrogen-bond donors (Lipinski definition) is 2. The van der Waals surface area contributed by atoms with E-state index in [-0.39, 0.29) is 24.1 Å². The number of ether oxygens (including phenoxy) is 2. The molecule has 0 saturated heterocycles. The predicted octanol–water partition coefficient (Wildman–Crippen LogP) is 3.99. The Morgan fingerprint density at radius 2 is 2.04 bits per heavy atom. The molecule has 0 heterocycles. The zero-order chi connectivity index (χ0) is 18.3. The number of rotatable bonds is 7. The van der Waals surface area contributed by atoms with Crippen LogP contribution in [0.3, 0.4) is 0 Å². The van der Waals surface area contributed by atoms with Gasteiger partial charge in [-0.15, -0.1) is 0 Å². The van der Waals surface area contributed by atoms with Crippen LogP contribution < -0.4 is 15.4 Å². The van der Waals surface area contributed by atoms with E-state index in [1.807, 2.05) is 27.7 Å². The lowest BCUT2D eigenvalue weighted by atomic mass is 10.1. The van der Waals surface area contributed by atoms with E-state index in [1.165, 1.54) is 6.07 Å². The van der Waals surface area contributed by atoms with Gasteiger partial charge in [0.15, 0.2) is 0 Å². The highest BCUT2D eigenvalue weighted by Crippen LogP contribution is 2.30. The first-order valence-corrected chi connectivity index (χ1v) is 8.72. The lowest BCUT2D eigenvalue weighted by molar-refractivity contribution is 0.0852. The van der Waals surface area contributed by atoms with Crippen LogP contribution in [-0.2, 0) is 11.3 Å². The van der Waals surface area contributed by atoms with Crippen molar-refractivity contribution < 1.29 is 18.7 Å². The fraction of sp³-hybridized carbons (Fsp3) is 0.588. The molecule has 24 heavy (non-hydrogen) atoms. The van der Waals surface area contributed by atoms with Crippen molar-refractivity contribution in [3.63, 3.8) is 0 Å². The summed E-state index contributed by atoms with van der Waals surface area (Å²) in [5, 5.41) is 5.86. The molecule has 7 heteroatoms. The molecular formula is C17H26BrFN2O3. The number of halogens is 2. The molecule has 0 aliphatic rings. The molecule has 0 aromatic heterocycles. The summed E-state index contributed by atoms with van der Waals surface area (Å²) in [4.78, 5) is 11.7. The lowest BCUT2D eigenvalue weighted by Gasteiger charge is -2.22. The third-order valence-electron chi connectivity index (χ3n) is 2.96. The summed E-state index contributed by atoms with van der Waals surface area (Å²) in [5.74, 6) is 0.209. The minimum atomic E-state index is -0.494. The molecule has 0 spiro atoms. The normalized spacial score (nSPS) is 12.6. The van der Waals surface area contributed by atoms with E-state index in [4.69, 9.17) is 9.47 Å². The van der Waals surface area contributed by atoms with Gasteiger partial charge in [-0.2, -0.15) is 0 Å². The summed E-state index contributed by atoms with van der Waals surface area (Å²) >= 11 is 3.26. The van der Waals surface area contributed by atoms with Crippen LogP contribution in [0, 0.1) is 5.82 Å². The Bertz CT molecular complexity index is 562. The number of carbonyl (C=O) groups excluding carboxylic acids is 1. The third kappa shape index (κ3) is 7.05. The van der Waals surface area contributed by atoms with E-state index in [1.54, 1.807) is 13.0 Å². The van der Waals surface area contributed by atoms with Crippen molar-refractivity contribution in [1.29, 1.82) is 0 Å². The van der Waals surface area contributed by atoms with Gasteiger partial charge in [0, 0.05) is 17.6 Å². The van der Waals surface area contributed by atoms with Crippen LogP contribution in [0.2, 0.25) is 0 Å². The lowest BCUT2D eigenvalue weighted by Crippen LogP contribution is -2.41. The topological polar surface area (TPSA) is 59.6 Å². The van der Waals surface area contributed by atoms with Crippen LogP contribution in [0.4, 0.5) is 9.18 Å². The van der Waals surface area contributed by atoms with Crippen LogP contribution in [0.1, 0.15) is 40.2 Å². The second-order valence-corrected chi connectivity index (χ2v) is 7.31. The van der Waals surface area contributed by atoms with E-state index in [0.29, 0.717) is 22.3 Å². The molecule has 136 valence electrons. The van der Waals surface area contributed by atoms with Crippen LogP contribution in [0.15, 0.2) is 16.6 Å². The summed E-state index contributed by atoms with van der Waals surface area (Å²) in [6.45, 7) is 10.7. The minimum absolute atomic E-state index is 0.0948. The van der Waals surface area contributed by atoms with Crippen LogP contribution >= 0.6 is 15.9 Å². The van der Waals surface area contributed by atoms with Crippen LogP contribution in [0.5, 0.6) is 5.75 Å². The monoisotopic (exact) mass is 404 g/mol. The summed E-state index contributed by atoms with van der Waals surface area (Å²) < 4.78 is 25.1. The van der Waals surface area contributed by atoms with Crippen molar-refractivity contribution in [2.45, 2.75) is 52.8 Å². The van der Waals surface area contributed by atoms with Gasteiger partial charge in [0.05, 0.1) is 4.47 Å². The fourth-order valence-electron chi connectivity index (χ4n) is 1.89. The van der Waals surface area contributed by atoms with Crippen molar-refractivity contribution in [2.75, 3.05) is 13.2 Å². The molecule has 1 rings (SSSR count). The van der Waals surface area contributed by atoms with Crippen LogP contribution in [-0.4, -0.2) is 30.9 Å². The zero-order valence-electron chi connectivity index (χ0n) is 14.8. The molecule has 0 aliphatic carbocycles. The Balaban J connectivity index is 2.68. The largest absolute Gasteiger partial charge is 0.487 e. The highest BCUT2D eigenvalue weighted by molar-refractivity contribution is 9.10. The highest BCUT2D eigenvalue weighted by Gasteiger charge is 2.18. The SMILES string of the molecule is CCNCc1c(OC(C)COC(=O)NC(C)(C)C)ccc(F)c1Br. The summed E-state index contributed by atoms with van der Waals surface area (Å²) in [6.07, 6.45) is -0.862. The number of carbonyl (C=O) groups is 1. The Kier molecular flexibility index (Phi) is 7.96. The van der Waals surface area contributed by atoms with Crippen molar-refractivity contribution >= 4 is 22.0 Å². The maximum Gasteiger partial charge on any atom is 0.407 e. The predicted molar refractivity (Wildman–Crippen MR) is 95.8 cm³/mol. The van der Waals surface area contributed by atoms with E-state index < -0.39 is 6.09 Å². The second kappa shape index (κ2) is 9.22. The number of amides is 1. The Morgan fingerprint density at radius 3 is 2.62 bits per heavy atom. The number of nitrogens with one attached hydrogen (secondary N) is 2. The summed E-state index contributed by atoms with van der Waals surface area (Å²) in [6, 6.07) is 2.92. The van der Waals surface area contributed by atoms with Gasteiger partial charge in [0.2, 0.25) is 0 Å². The molecular weight excluding hydrogens is 379 g/mol. The molecule has 1 amide bonds. The van der Waals surface area contributed by atoms with Gasteiger partial charge in [0.25, 0.3) is 0 Å². The molecule has 0 radical (unpaired) electrons. The van der Waals surface area contributed by atoms with Crippen molar-refractivity contribution in [1.82, 2.24) is 10.6 Å². The van der Waals surface area contributed by atoms with Gasteiger partial charge in [-0.3, -0.25) is 0 Å². The molecule has 0 saturated carbocycles. The van der Waals surface area contributed by atoms with E-state index in [9.17, 15) is 9.18 Å². The van der Waals surface area contributed by atoms with Gasteiger partial charge >= 0.3 is 6.09 Å². The van der Waals surface area contributed by atoms with E-state index in [2.05, 4.69) is 26.6 Å². The molecule has 1 aromatic rings.